The van der Waals surface area contributed by atoms with E-state index in [2.05, 4.69) is 72.8 Å². The van der Waals surface area contributed by atoms with Crippen LogP contribution >= 0.6 is 7.26 Å². The Kier molecular flexibility index (Phi) is 9.71. The maximum absolute atomic E-state index is 14.0. The minimum Gasteiger partial charge on any atom is -1.00 e. The lowest BCUT2D eigenvalue weighted by atomic mass is 10.1. The third-order valence-electron chi connectivity index (χ3n) is 7.38. The number of hydrogen-bond acceptors (Lipinski definition) is 3. The van der Waals surface area contributed by atoms with Crippen LogP contribution in [0.4, 0.5) is 10.3 Å². The van der Waals surface area contributed by atoms with E-state index in [0.29, 0.717) is 17.8 Å². The van der Waals surface area contributed by atoms with Gasteiger partial charge in [0.25, 0.3) is 0 Å². The Morgan fingerprint density at radius 1 is 0.786 bits per heavy atom. The van der Waals surface area contributed by atoms with Gasteiger partial charge in [0.15, 0.2) is 0 Å². The van der Waals surface area contributed by atoms with Crippen molar-refractivity contribution in [3.8, 4) is 11.3 Å². The fraction of sp³-hybridized carbons (Fsp3) is 0.182. The predicted molar refractivity (Wildman–Crippen MR) is 170 cm³/mol. The summed E-state index contributed by atoms with van der Waals surface area (Å²) in [5, 5.41) is 3.62. The van der Waals surface area contributed by atoms with Gasteiger partial charge in [0.1, 0.15) is 35.2 Å². The summed E-state index contributed by atoms with van der Waals surface area (Å²) < 4.78 is 42.9. The molecule has 0 aliphatic rings. The summed E-state index contributed by atoms with van der Waals surface area (Å²) in [6.07, 6.45) is 1.76. The van der Waals surface area contributed by atoms with Crippen molar-refractivity contribution in [3.05, 3.63) is 127 Å². The Morgan fingerprint density at radius 2 is 1.21 bits per heavy atom. The van der Waals surface area contributed by atoms with E-state index in [1.165, 1.54) is 45.7 Å². The van der Waals surface area contributed by atoms with Crippen LogP contribution in [0.1, 0.15) is 25.6 Å². The zero-order valence-corrected chi connectivity index (χ0v) is 27.3. The Labute approximate surface area is 259 Å². The highest BCUT2D eigenvalue weighted by Gasteiger charge is 2.47. The molecule has 0 aliphatic carbocycles. The molecule has 4 aromatic carbocycles. The third-order valence-corrected chi connectivity index (χ3v) is 12.9. The number of halogens is 2. The molecule has 0 bridgehead atoms. The van der Waals surface area contributed by atoms with E-state index < -0.39 is 17.3 Å². The standard InChI is InChI=1S/C33H34FN3O2PS.BrH/c1-25(2)37-31(32(26-20-22-27(34)23-21-26)35-33(37)36(3)41(4,38)39)24-40(28-14-8-5-9-15-28,29-16-10-6-11-17-29)30-18-12-7-13-19-30;/h5-23,25H,24H2,1-4H3;1H/q+1;/p-1. The molecule has 1 heterocycles. The van der Waals surface area contributed by atoms with Gasteiger partial charge in [-0.3, -0.25) is 0 Å². The Bertz CT molecular complexity index is 1630. The lowest BCUT2D eigenvalue weighted by molar-refractivity contribution is -0.0000115. The van der Waals surface area contributed by atoms with Gasteiger partial charge in [-0.2, -0.15) is 0 Å². The molecule has 218 valence electrons. The molecule has 5 rings (SSSR count). The van der Waals surface area contributed by atoms with Crippen LogP contribution in [0, 0.1) is 5.82 Å². The normalized spacial score (nSPS) is 11.8. The molecule has 0 saturated carbocycles. The Hall–Kier alpha value is -3.32. The molecule has 0 aliphatic heterocycles. The first kappa shape index (κ1) is 31.6. The summed E-state index contributed by atoms with van der Waals surface area (Å²) >= 11 is 0. The molecule has 1 aromatic heterocycles. The zero-order chi connectivity index (χ0) is 29.2. The molecule has 42 heavy (non-hydrogen) atoms. The van der Waals surface area contributed by atoms with E-state index >= 15 is 0 Å². The molecule has 5 aromatic rings. The molecule has 5 nitrogen and oxygen atoms in total. The lowest BCUT2D eigenvalue weighted by Crippen LogP contribution is -3.00. The molecule has 0 fully saturated rings. The first-order valence-electron chi connectivity index (χ1n) is 13.5. The highest BCUT2D eigenvalue weighted by atomic mass is 79.9. The number of sulfonamides is 1. The largest absolute Gasteiger partial charge is 1.00 e. The van der Waals surface area contributed by atoms with E-state index in [-0.39, 0.29) is 28.8 Å². The summed E-state index contributed by atoms with van der Waals surface area (Å²) in [5.74, 6) is -0.00381. The van der Waals surface area contributed by atoms with Crippen molar-refractivity contribution in [3.63, 3.8) is 0 Å². The van der Waals surface area contributed by atoms with Gasteiger partial charge in [0.2, 0.25) is 16.0 Å². The molecule has 0 spiro atoms. The molecule has 0 atom stereocenters. The first-order valence-corrected chi connectivity index (χ1v) is 17.3. The quantitative estimate of drug-likeness (QED) is 0.228. The van der Waals surface area contributed by atoms with Crippen LogP contribution < -0.4 is 37.2 Å². The van der Waals surface area contributed by atoms with Crippen LogP contribution in [-0.4, -0.2) is 31.3 Å². The predicted octanol–water partition coefficient (Wildman–Crippen LogP) is 3.16. The van der Waals surface area contributed by atoms with Gasteiger partial charge in [0, 0.05) is 18.7 Å². The van der Waals surface area contributed by atoms with Crippen molar-refractivity contribution in [1.29, 1.82) is 0 Å². The van der Waals surface area contributed by atoms with Crippen LogP contribution in [0.25, 0.3) is 11.3 Å². The summed E-state index contributed by atoms with van der Waals surface area (Å²) in [6.45, 7) is 4.07. The van der Waals surface area contributed by atoms with E-state index in [4.69, 9.17) is 4.98 Å². The van der Waals surface area contributed by atoms with Gasteiger partial charge in [-0.1, -0.05) is 54.6 Å². The molecule has 0 N–H and O–H groups in total. The monoisotopic (exact) mass is 665 g/mol. The molecule has 0 radical (unpaired) electrons. The van der Waals surface area contributed by atoms with Crippen LogP contribution in [0.2, 0.25) is 0 Å². The van der Waals surface area contributed by atoms with E-state index in [1.54, 1.807) is 12.1 Å². The number of nitrogens with zero attached hydrogens (tertiary/aromatic N) is 3. The van der Waals surface area contributed by atoms with Gasteiger partial charge in [-0.25, -0.2) is 22.1 Å². The second-order valence-electron chi connectivity index (χ2n) is 10.4. The minimum atomic E-state index is -3.61. The summed E-state index contributed by atoms with van der Waals surface area (Å²) in [5.41, 5.74) is 2.29. The van der Waals surface area contributed by atoms with Crippen molar-refractivity contribution in [2.45, 2.75) is 26.1 Å². The number of imidazole rings is 1. The van der Waals surface area contributed by atoms with Gasteiger partial charge in [-0.15, -0.1) is 0 Å². The van der Waals surface area contributed by atoms with Crippen molar-refractivity contribution >= 4 is 39.1 Å². The molecule has 0 amide bonds. The lowest BCUT2D eigenvalue weighted by Gasteiger charge is -2.29. The van der Waals surface area contributed by atoms with Crippen LogP contribution in [0.3, 0.4) is 0 Å². The maximum atomic E-state index is 14.0. The van der Waals surface area contributed by atoms with Crippen molar-refractivity contribution in [1.82, 2.24) is 9.55 Å². The average Bonchev–Trinajstić information content (AvgIpc) is 3.35. The van der Waals surface area contributed by atoms with Gasteiger partial charge in [-0.05, 0) is 74.5 Å². The number of hydrogen-bond donors (Lipinski definition) is 0. The van der Waals surface area contributed by atoms with Gasteiger partial charge in [0.05, 0.1) is 17.6 Å². The SMILES string of the molecule is CC(C)n1c(N(C)S(C)(=O)=O)nc(-c2ccc(F)cc2)c1C[P+](c1ccccc1)(c1ccccc1)c1ccccc1.[Br-]. The fourth-order valence-electron chi connectivity index (χ4n) is 5.35. The molecular formula is C33H34BrFN3O2PS. The number of benzene rings is 4. The summed E-state index contributed by atoms with van der Waals surface area (Å²) in [4.78, 5) is 4.97. The number of aromatic nitrogens is 2. The second-order valence-corrected chi connectivity index (χ2v) is 15.9. The Morgan fingerprint density at radius 3 is 1.60 bits per heavy atom. The second kappa shape index (κ2) is 12.9. The Balaban J connectivity index is 0.00000405. The van der Waals surface area contributed by atoms with Gasteiger partial charge < -0.3 is 21.5 Å². The first-order chi connectivity index (χ1) is 19.6. The minimum absolute atomic E-state index is 0. The van der Waals surface area contributed by atoms with E-state index in [9.17, 15) is 12.8 Å². The zero-order valence-electron chi connectivity index (χ0n) is 24.0. The van der Waals surface area contributed by atoms with Crippen molar-refractivity contribution in [2.75, 3.05) is 17.6 Å². The van der Waals surface area contributed by atoms with E-state index in [0.717, 1.165) is 11.3 Å². The van der Waals surface area contributed by atoms with Crippen molar-refractivity contribution < 1.29 is 29.8 Å². The third kappa shape index (κ3) is 6.07. The highest BCUT2D eigenvalue weighted by molar-refractivity contribution is 7.95. The molecule has 0 unspecified atom stereocenters. The summed E-state index contributed by atoms with van der Waals surface area (Å²) in [6, 6.07) is 37.8. The van der Waals surface area contributed by atoms with Gasteiger partial charge >= 0.3 is 0 Å². The maximum Gasteiger partial charge on any atom is 0.234 e. The molecular weight excluding hydrogens is 632 g/mol. The topological polar surface area (TPSA) is 55.2 Å². The van der Waals surface area contributed by atoms with Crippen LogP contribution in [0.15, 0.2) is 115 Å². The molecule has 0 saturated heterocycles. The smallest absolute Gasteiger partial charge is 0.234 e. The number of rotatable bonds is 9. The summed E-state index contributed by atoms with van der Waals surface area (Å²) in [7, 11) is -4.43. The average molecular weight is 667 g/mol. The van der Waals surface area contributed by atoms with Crippen molar-refractivity contribution in [2.24, 2.45) is 0 Å². The fourth-order valence-corrected chi connectivity index (χ4v) is 10.0. The van der Waals surface area contributed by atoms with Crippen LogP contribution in [-0.2, 0) is 16.2 Å². The number of anilines is 1. The van der Waals surface area contributed by atoms with Crippen LogP contribution in [0.5, 0.6) is 0 Å². The highest BCUT2D eigenvalue weighted by Crippen LogP contribution is 2.59. The van der Waals surface area contributed by atoms with E-state index in [1.807, 2.05) is 36.6 Å². The molecule has 9 heteroatoms.